The molecular formula is C24H18ClF3N6O2. The summed E-state index contributed by atoms with van der Waals surface area (Å²) >= 11 is 6.12. The van der Waals surface area contributed by atoms with Gasteiger partial charge in [-0.3, -0.25) is 14.8 Å². The molecular weight excluding hydrogens is 497 g/mol. The summed E-state index contributed by atoms with van der Waals surface area (Å²) in [5.74, 6) is 0. The zero-order valence-corrected chi connectivity index (χ0v) is 19.6. The number of halogens is 4. The van der Waals surface area contributed by atoms with E-state index in [1.54, 1.807) is 36.7 Å². The van der Waals surface area contributed by atoms with E-state index in [0.717, 1.165) is 27.0 Å². The molecule has 0 radical (unpaired) electrons. The Bertz CT molecular complexity index is 1650. The van der Waals surface area contributed by atoms with Crippen LogP contribution in [-0.2, 0) is 19.8 Å². The number of nitrogens with zero attached hydrogens (tertiary/aromatic N) is 6. The highest BCUT2D eigenvalue weighted by Crippen LogP contribution is 2.34. The zero-order valence-electron chi connectivity index (χ0n) is 18.8. The molecule has 0 atom stereocenters. The summed E-state index contributed by atoms with van der Waals surface area (Å²) < 4.78 is 42.0. The van der Waals surface area contributed by atoms with Crippen LogP contribution in [0.5, 0.6) is 0 Å². The third-order valence-corrected chi connectivity index (χ3v) is 6.25. The van der Waals surface area contributed by atoms with Gasteiger partial charge in [0, 0.05) is 36.2 Å². The van der Waals surface area contributed by atoms with E-state index in [1.165, 1.54) is 17.8 Å². The van der Waals surface area contributed by atoms with Crippen LogP contribution in [0.25, 0.3) is 22.3 Å². The maximum atomic E-state index is 13.5. The summed E-state index contributed by atoms with van der Waals surface area (Å²) in [5.41, 5.74) is 0.765. The molecule has 5 rings (SSSR count). The lowest BCUT2D eigenvalue weighted by molar-refractivity contribution is -0.141. The van der Waals surface area contributed by atoms with Gasteiger partial charge in [0.05, 0.1) is 12.1 Å². The van der Waals surface area contributed by atoms with E-state index in [0.29, 0.717) is 40.1 Å². The minimum Gasteiger partial charge on any atom is -0.267 e. The molecule has 0 saturated heterocycles. The molecule has 0 bridgehead atoms. The van der Waals surface area contributed by atoms with Crippen molar-refractivity contribution in [2.24, 2.45) is 7.05 Å². The van der Waals surface area contributed by atoms with Gasteiger partial charge in [0.25, 0.3) is 5.56 Å². The number of fused-ring (bicyclic) bond motifs is 1. The Morgan fingerprint density at radius 1 is 1.03 bits per heavy atom. The van der Waals surface area contributed by atoms with Gasteiger partial charge in [0.15, 0.2) is 5.65 Å². The second-order valence-electron chi connectivity index (χ2n) is 8.25. The Hall–Kier alpha value is -3.99. The van der Waals surface area contributed by atoms with Crippen molar-refractivity contribution in [1.82, 2.24) is 28.9 Å². The lowest BCUT2D eigenvalue weighted by Gasteiger charge is -2.17. The van der Waals surface area contributed by atoms with E-state index in [-0.39, 0.29) is 12.2 Å². The first-order valence-corrected chi connectivity index (χ1v) is 11.2. The van der Waals surface area contributed by atoms with Gasteiger partial charge in [-0.2, -0.15) is 17.7 Å². The van der Waals surface area contributed by atoms with Gasteiger partial charge in [-0.15, -0.1) is 5.10 Å². The van der Waals surface area contributed by atoms with Crippen LogP contribution < -0.4 is 11.2 Å². The van der Waals surface area contributed by atoms with Crippen molar-refractivity contribution in [1.29, 1.82) is 0 Å². The SMILES string of the molecule is Cn1c(=O)c(C2=CC=C(Cl)CC2)c(-c2ccncc2)c2nn(Cc3ccc(C(F)(F)F)nc3)c(=O)n21. The third-order valence-electron chi connectivity index (χ3n) is 5.94. The molecule has 4 heterocycles. The van der Waals surface area contributed by atoms with Crippen molar-refractivity contribution in [3.8, 4) is 11.1 Å². The Morgan fingerprint density at radius 2 is 1.78 bits per heavy atom. The molecule has 0 aromatic carbocycles. The highest BCUT2D eigenvalue weighted by Gasteiger charge is 2.32. The number of hydrogen-bond donors (Lipinski definition) is 0. The predicted molar refractivity (Wildman–Crippen MR) is 127 cm³/mol. The van der Waals surface area contributed by atoms with Gasteiger partial charge in [0.2, 0.25) is 0 Å². The van der Waals surface area contributed by atoms with Crippen molar-refractivity contribution in [2.45, 2.75) is 25.6 Å². The van der Waals surface area contributed by atoms with Crippen molar-refractivity contribution in [3.63, 3.8) is 0 Å². The molecule has 184 valence electrons. The number of hydrogen-bond acceptors (Lipinski definition) is 5. The summed E-state index contributed by atoms with van der Waals surface area (Å²) in [4.78, 5) is 34.3. The summed E-state index contributed by atoms with van der Waals surface area (Å²) in [6.07, 6.45) is 4.25. The molecule has 4 aromatic rings. The normalized spacial score (nSPS) is 14.1. The molecule has 12 heteroatoms. The molecule has 0 aliphatic heterocycles. The fraction of sp³-hybridized carbons (Fsp3) is 0.208. The lowest BCUT2D eigenvalue weighted by Crippen LogP contribution is -2.34. The van der Waals surface area contributed by atoms with Gasteiger partial charge in [-0.1, -0.05) is 23.7 Å². The fourth-order valence-electron chi connectivity index (χ4n) is 4.17. The molecule has 4 aromatic heterocycles. The van der Waals surface area contributed by atoms with Crippen LogP contribution in [0.15, 0.2) is 69.6 Å². The monoisotopic (exact) mass is 514 g/mol. The van der Waals surface area contributed by atoms with Gasteiger partial charge >= 0.3 is 11.9 Å². The number of rotatable bonds is 4. The molecule has 0 N–H and O–H groups in total. The first kappa shape index (κ1) is 23.7. The van der Waals surface area contributed by atoms with Crippen molar-refractivity contribution in [3.05, 3.63) is 97.7 Å². The topological polar surface area (TPSA) is 87.1 Å². The molecule has 1 aliphatic rings. The minimum atomic E-state index is -4.57. The van der Waals surface area contributed by atoms with Crippen molar-refractivity contribution in [2.75, 3.05) is 0 Å². The van der Waals surface area contributed by atoms with E-state index in [1.807, 2.05) is 0 Å². The Balaban J connectivity index is 1.73. The Morgan fingerprint density at radius 3 is 2.39 bits per heavy atom. The van der Waals surface area contributed by atoms with Crippen LogP contribution >= 0.6 is 11.6 Å². The molecule has 0 fully saturated rings. The second-order valence-corrected chi connectivity index (χ2v) is 8.73. The largest absolute Gasteiger partial charge is 0.433 e. The van der Waals surface area contributed by atoms with Crippen LogP contribution in [0.1, 0.15) is 29.7 Å². The van der Waals surface area contributed by atoms with Crippen LogP contribution in [0.3, 0.4) is 0 Å². The summed E-state index contributed by atoms with van der Waals surface area (Å²) in [7, 11) is 1.47. The number of alkyl halides is 3. The van der Waals surface area contributed by atoms with Crippen molar-refractivity contribution < 1.29 is 13.2 Å². The highest BCUT2D eigenvalue weighted by molar-refractivity contribution is 6.30. The summed E-state index contributed by atoms with van der Waals surface area (Å²) in [6.45, 7) is -0.133. The average molecular weight is 515 g/mol. The first-order chi connectivity index (χ1) is 17.1. The van der Waals surface area contributed by atoms with Gasteiger partial charge in [-0.05, 0) is 53.8 Å². The molecule has 1 aliphatic carbocycles. The molecule has 0 saturated carbocycles. The maximum Gasteiger partial charge on any atom is 0.433 e. The quantitative estimate of drug-likeness (QED) is 0.410. The minimum absolute atomic E-state index is 0.133. The standard InChI is InChI=1S/C24H18ClF3N6O2/c1-32-22(35)20(15-3-5-17(25)6-4-15)19(16-8-10-29-11-9-16)21-31-33(23(36)34(21)32)13-14-2-7-18(30-12-14)24(26,27)28/h2-3,5,7-12H,4,6,13H2,1H3. The first-order valence-electron chi connectivity index (χ1n) is 10.9. The van der Waals surface area contributed by atoms with E-state index >= 15 is 0 Å². The maximum absolute atomic E-state index is 13.5. The number of pyridine rings is 2. The molecule has 0 unspecified atom stereocenters. The third kappa shape index (κ3) is 4.15. The number of aryl methyl sites for hydroxylation is 1. The van der Waals surface area contributed by atoms with Crippen LogP contribution in [0.4, 0.5) is 13.2 Å². The molecule has 0 amide bonds. The van der Waals surface area contributed by atoms with Crippen LogP contribution in [-0.4, -0.2) is 28.9 Å². The van der Waals surface area contributed by atoms with Gasteiger partial charge in [0.1, 0.15) is 5.69 Å². The summed E-state index contributed by atoms with van der Waals surface area (Å²) in [5, 5.41) is 5.17. The smallest absolute Gasteiger partial charge is 0.267 e. The predicted octanol–water partition coefficient (Wildman–Crippen LogP) is 4.02. The number of allylic oxidation sites excluding steroid dienone is 4. The summed E-state index contributed by atoms with van der Waals surface area (Å²) in [6, 6.07) is 5.52. The van der Waals surface area contributed by atoms with E-state index in [2.05, 4.69) is 15.1 Å². The van der Waals surface area contributed by atoms with E-state index in [9.17, 15) is 22.8 Å². The highest BCUT2D eigenvalue weighted by atomic mass is 35.5. The van der Waals surface area contributed by atoms with Gasteiger partial charge in [-0.25, -0.2) is 14.2 Å². The van der Waals surface area contributed by atoms with E-state index < -0.39 is 23.1 Å². The van der Waals surface area contributed by atoms with Gasteiger partial charge < -0.3 is 0 Å². The molecule has 0 spiro atoms. The van der Waals surface area contributed by atoms with Crippen LogP contribution in [0, 0.1) is 0 Å². The average Bonchev–Trinajstić information content (AvgIpc) is 3.18. The Kier molecular flexibility index (Phi) is 5.87. The fourth-order valence-corrected chi connectivity index (χ4v) is 4.33. The molecule has 36 heavy (non-hydrogen) atoms. The van der Waals surface area contributed by atoms with Crippen molar-refractivity contribution >= 4 is 22.8 Å². The molecule has 8 nitrogen and oxygen atoms in total. The Labute approximate surface area is 206 Å². The van der Waals surface area contributed by atoms with Crippen LogP contribution in [0.2, 0.25) is 0 Å². The van der Waals surface area contributed by atoms with E-state index in [4.69, 9.17) is 11.6 Å². The number of aromatic nitrogens is 6. The lowest BCUT2D eigenvalue weighted by atomic mass is 9.92. The second kappa shape index (κ2) is 8.90. The zero-order chi connectivity index (χ0) is 25.6.